The van der Waals surface area contributed by atoms with E-state index in [4.69, 9.17) is 10.5 Å². The fourth-order valence-electron chi connectivity index (χ4n) is 3.72. The Morgan fingerprint density at radius 3 is 2.73 bits per heavy atom. The van der Waals surface area contributed by atoms with Gasteiger partial charge >= 0.3 is 0 Å². The molecule has 3 aliphatic heterocycles. The molecule has 0 atom stereocenters. The third-order valence-corrected chi connectivity index (χ3v) is 4.80. The smallest absolute Gasteiger partial charge is 0.248 e. The van der Waals surface area contributed by atoms with E-state index in [1.807, 2.05) is 18.2 Å². The normalized spacial score (nSPS) is 16.7. The van der Waals surface area contributed by atoms with Crippen LogP contribution < -0.4 is 20.9 Å². The lowest BCUT2D eigenvalue weighted by Gasteiger charge is -2.42. The second kappa shape index (κ2) is 4.80. The predicted molar refractivity (Wildman–Crippen MR) is 87.7 cm³/mol. The molecule has 114 valence electrons. The van der Waals surface area contributed by atoms with Crippen LogP contribution in [0.1, 0.15) is 24.5 Å². The number of nitrogen functional groups attached to an aromatic ring is 1. The molecule has 0 unspecified atom stereocenters. The third kappa shape index (κ3) is 1.89. The van der Waals surface area contributed by atoms with Crippen LogP contribution in [0.4, 0.5) is 11.4 Å². The van der Waals surface area contributed by atoms with Gasteiger partial charge in [0.05, 0.1) is 18.5 Å². The minimum absolute atomic E-state index is 0.0445. The number of ether oxygens (including phenoxy) is 1. The van der Waals surface area contributed by atoms with Crippen molar-refractivity contribution in [1.82, 2.24) is 4.98 Å². The van der Waals surface area contributed by atoms with Gasteiger partial charge in [0.25, 0.3) is 0 Å². The number of piperidine rings is 1. The number of nitrogens with zero attached hydrogens (tertiary/aromatic N) is 1. The zero-order valence-electron chi connectivity index (χ0n) is 12.6. The Hall–Kier alpha value is -2.43. The van der Waals surface area contributed by atoms with Gasteiger partial charge in [-0.3, -0.25) is 4.79 Å². The molecule has 0 radical (unpaired) electrons. The van der Waals surface area contributed by atoms with E-state index < -0.39 is 0 Å². The summed E-state index contributed by atoms with van der Waals surface area (Å²) in [5, 5.41) is 0. The lowest BCUT2D eigenvalue weighted by molar-refractivity contribution is 0.417. The second-order valence-corrected chi connectivity index (χ2v) is 6.03. The summed E-state index contributed by atoms with van der Waals surface area (Å²) < 4.78 is 5.22. The summed E-state index contributed by atoms with van der Waals surface area (Å²) >= 11 is 0. The van der Waals surface area contributed by atoms with Crippen molar-refractivity contribution >= 4 is 11.4 Å². The first-order chi connectivity index (χ1) is 10.7. The van der Waals surface area contributed by atoms with Crippen LogP contribution in [-0.2, 0) is 0 Å². The Bertz CT molecular complexity index is 789. The number of hydrogen-bond acceptors (Lipinski definition) is 4. The molecule has 22 heavy (non-hydrogen) atoms. The van der Waals surface area contributed by atoms with Gasteiger partial charge in [0, 0.05) is 36.3 Å². The summed E-state index contributed by atoms with van der Waals surface area (Å²) in [5.41, 5.74) is 10.8. The first-order valence-electron chi connectivity index (χ1n) is 7.63. The topological polar surface area (TPSA) is 71.4 Å². The fraction of sp³-hybridized carbons (Fsp3) is 0.353. The van der Waals surface area contributed by atoms with E-state index in [-0.39, 0.29) is 5.56 Å². The molecular formula is C17H19N3O2. The maximum atomic E-state index is 12.1. The summed E-state index contributed by atoms with van der Waals surface area (Å²) in [6.45, 7) is 2.12. The van der Waals surface area contributed by atoms with Gasteiger partial charge in [0.2, 0.25) is 5.56 Å². The number of benzene rings is 1. The molecule has 3 aliphatic rings. The van der Waals surface area contributed by atoms with E-state index in [9.17, 15) is 4.79 Å². The van der Waals surface area contributed by atoms with E-state index in [0.717, 1.165) is 42.8 Å². The van der Waals surface area contributed by atoms with Crippen LogP contribution in [0.3, 0.4) is 0 Å². The van der Waals surface area contributed by atoms with E-state index in [1.165, 1.54) is 5.69 Å². The number of H-pyrrole nitrogens is 1. The van der Waals surface area contributed by atoms with E-state index in [1.54, 1.807) is 13.2 Å². The molecule has 0 saturated carbocycles. The maximum absolute atomic E-state index is 12.1. The van der Waals surface area contributed by atoms with Crippen LogP contribution in [0.2, 0.25) is 0 Å². The van der Waals surface area contributed by atoms with Gasteiger partial charge in [-0.25, -0.2) is 0 Å². The SMILES string of the molecule is COc1ccc(-c2cc(=O)[nH]c3c2N2CCC3CC2)cc1N. The average molecular weight is 297 g/mol. The first kappa shape index (κ1) is 13.2. The van der Waals surface area contributed by atoms with Crippen LogP contribution in [0.15, 0.2) is 29.1 Å². The molecular weight excluding hydrogens is 278 g/mol. The van der Waals surface area contributed by atoms with Crippen molar-refractivity contribution in [2.75, 3.05) is 30.8 Å². The average Bonchev–Trinajstić information content (AvgIpc) is 2.55. The Labute approximate surface area is 128 Å². The van der Waals surface area contributed by atoms with Gasteiger partial charge < -0.3 is 20.4 Å². The molecule has 5 nitrogen and oxygen atoms in total. The van der Waals surface area contributed by atoms with Gasteiger partial charge in [-0.15, -0.1) is 0 Å². The number of aromatic nitrogens is 1. The monoisotopic (exact) mass is 297 g/mol. The third-order valence-electron chi connectivity index (χ3n) is 4.80. The van der Waals surface area contributed by atoms with Crippen LogP contribution >= 0.6 is 0 Å². The molecule has 4 heterocycles. The molecule has 5 heteroatoms. The van der Waals surface area contributed by atoms with Crippen molar-refractivity contribution < 1.29 is 4.74 Å². The largest absolute Gasteiger partial charge is 0.495 e. The van der Waals surface area contributed by atoms with Crippen LogP contribution in [0, 0.1) is 0 Å². The van der Waals surface area contributed by atoms with Crippen molar-refractivity contribution in [1.29, 1.82) is 0 Å². The lowest BCUT2D eigenvalue weighted by atomic mass is 9.84. The van der Waals surface area contributed by atoms with E-state index in [0.29, 0.717) is 17.4 Å². The minimum Gasteiger partial charge on any atom is -0.495 e. The Kier molecular flexibility index (Phi) is 2.89. The minimum atomic E-state index is -0.0445. The van der Waals surface area contributed by atoms with Crippen LogP contribution in [-0.4, -0.2) is 25.2 Å². The number of hydrogen-bond donors (Lipinski definition) is 2. The van der Waals surface area contributed by atoms with Crippen molar-refractivity contribution in [3.63, 3.8) is 0 Å². The molecule has 2 bridgehead atoms. The number of nitrogens with one attached hydrogen (secondary N) is 1. The molecule has 2 aromatic rings. The molecule has 1 aromatic heterocycles. The quantitative estimate of drug-likeness (QED) is 0.835. The summed E-state index contributed by atoms with van der Waals surface area (Å²) in [6.07, 6.45) is 2.24. The highest BCUT2D eigenvalue weighted by molar-refractivity contribution is 5.83. The second-order valence-electron chi connectivity index (χ2n) is 6.03. The fourth-order valence-corrected chi connectivity index (χ4v) is 3.72. The molecule has 1 fully saturated rings. The number of nitrogens with two attached hydrogens (primary N) is 1. The van der Waals surface area contributed by atoms with E-state index >= 15 is 0 Å². The summed E-state index contributed by atoms with van der Waals surface area (Å²) in [5.74, 6) is 1.13. The molecule has 1 saturated heterocycles. The molecule has 0 aliphatic carbocycles. The summed E-state index contributed by atoms with van der Waals surface area (Å²) in [6, 6.07) is 7.39. The van der Waals surface area contributed by atoms with Gasteiger partial charge in [-0.05, 0) is 30.5 Å². The number of methoxy groups -OCH3 is 1. The highest BCUT2D eigenvalue weighted by Crippen LogP contribution is 2.45. The number of rotatable bonds is 2. The number of fused-ring (bicyclic) bond motifs is 2. The Morgan fingerprint density at radius 2 is 2.05 bits per heavy atom. The van der Waals surface area contributed by atoms with Crippen molar-refractivity contribution in [2.45, 2.75) is 18.8 Å². The van der Waals surface area contributed by atoms with Gasteiger partial charge in [-0.1, -0.05) is 6.07 Å². The Morgan fingerprint density at radius 1 is 1.27 bits per heavy atom. The first-order valence-corrected chi connectivity index (χ1v) is 7.63. The standard InChI is InChI=1S/C17H19N3O2/c1-22-14-3-2-11(8-13(14)18)12-9-15(21)19-16-10-4-6-20(7-5-10)17(12)16/h2-3,8-10H,4-7,18H2,1H3,(H,19,21). The molecule has 3 N–H and O–H groups in total. The summed E-state index contributed by atoms with van der Waals surface area (Å²) in [4.78, 5) is 17.5. The van der Waals surface area contributed by atoms with Crippen LogP contribution in [0.5, 0.6) is 5.75 Å². The number of pyridine rings is 1. The maximum Gasteiger partial charge on any atom is 0.248 e. The van der Waals surface area contributed by atoms with Crippen LogP contribution in [0.25, 0.3) is 11.1 Å². The lowest BCUT2D eigenvalue weighted by Crippen LogP contribution is -2.40. The van der Waals surface area contributed by atoms with E-state index in [2.05, 4.69) is 9.88 Å². The molecule has 0 amide bonds. The Balaban J connectivity index is 1.93. The van der Waals surface area contributed by atoms with Gasteiger partial charge in [-0.2, -0.15) is 0 Å². The van der Waals surface area contributed by atoms with Crippen molar-refractivity contribution in [3.8, 4) is 16.9 Å². The van der Waals surface area contributed by atoms with Crippen molar-refractivity contribution in [3.05, 3.63) is 40.3 Å². The summed E-state index contributed by atoms with van der Waals surface area (Å²) in [7, 11) is 1.60. The van der Waals surface area contributed by atoms with Gasteiger partial charge in [0.1, 0.15) is 5.75 Å². The molecule has 1 aromatic carbocycles. The zero-order valence-corrected chi connectivity index (χ0v) is 12.6. The number of aromatic amines is 1. The van der Waals surface area contributed by atoms with Crippen molar-refractivity contribution in [2.24, 2.45) is 0 Å². The van der Waals surface area contributed by atoms with Gasteiger partial charge in [0.15, 0.2) is 0 Å². The molecule has 0 spiro atoms. The molecule has 5 rings (SSSR count). The zero-order chi connectivity index (χ0) is 15.3. The number of anilines is 2. The highest BCUT2D eigenvalue weighted by atomic mass is 16.5. The predicted octanol–water partition coefficient (Wildman–Crippen LogP) is 2.33. The highest BCUT2D eigenvalue weighted by Gasteiger charge is 2.33.